The van der Waals surface area contributed by atoms with Crippen molar-refractivity contribution >= 4 is 5.91 Å². The lowest BCUT2D eigenvalue weighted by molar-refractivity contribution is -0.858. The van der Waals surface area contributed by atoms with Crippen LogP contribution in [0.15, 0.2) is 12.1 Å². The van der Waals surface area contributed by atoms with E-state index >= 15 is 0 Å². The summed E-state index contributed by atoms with van der Waals surface area (Å²) >= 11 is 0. The first-order valence-corrected chi connectivity index (χ1v) is 10.6. The minimum Gasteiger partial charge on any atom is -0.340 e. The van der Waals surface area contributed by atoms with Crippen LogP contribution in [0.1, 0.15) is 89.6 Å². The number of hydrogen-bond acceptors (Lipinski definition) is 1. The molecule has 27 heavy (non-hydrogen) atoms. The van der Waals surface area contributed by atoms with Crippen molar-refractivity contribution in [3.63, 3.8) is 0 Å². The van der Waals surface area contributed by atoms with Crippen molar-refractivity contribution in [2.45, 2.75) is 84.6 Å². The fourth-order valence-electron chi connectivity index (χ4n) is 4.35. The maximum Gasteiger partial charge on any atom is 0.219 e. The van der Waals surface area contributed by atoms with Crippen LogP contribution in [0.5, 0.6) is 0 Å². The summed E-state index contributed by atoms with van der Waals surface area (Å²) in [5.74, 6) is 0.184. The zero-order valence-electron chi connectivity index (χ0n) is 19.1. The van der Waals surface area contributed by atoms with Gasteiger partial charge in [0.05, 0.1) is 26.7 Å². The fourth-order valence-corrected chi connectivity index (χ4v) is 4.35. The lowest BCUT2D eigenvalue weighted by Gasteiger charge is -2.32. The monoisotopic (exact) mass is 373 g/mol. The van der Waals surface area contributed by atoms with E-state index in [4.69, 9.17) is 0 Å². The lowest BCUT2D eigenvalue weighted by Crippen LogP contribution is -3.05. The average Bonchev–Trinajstić information content (AvgIpc) is 2.84. The van der Waals surface area contributed by atoms with E-state index in [1.165, 1.54) is 33.6 Å². The van der Waals surface area contributed by atoms with Crippen molar-refractivity contribution in [1.29, 1.82) is 0 Å². The predicted octanol–water partition coefficient (Wildman–Crippen LogP) is 3.65. The maximum atomic E-state index is 12.5. The van der Waals surface area contributed by atoms with Crippen molar-refractivity contribution in [2.75, 3.05) is 27.2 Å². The van der Waals surface area contributed by atoms with Crippen LogP contribution in [0.2, 0.25) is 0 Å². The molecule has 1 aliphatic rings. The van der Waals surface area contributed by atoms with E-state index in [-0.39, 0.29) is 22.8 Å². The third-order valence-corrected chi connectivity index (χ3v) is 6.28. The smallest absolute Gasteiger partial charge is 0.219 e. The molecule has 1 aliphatic carbocycles. The Labute approximate surface area is 167 Å². The molecular formula is C24H41N2O+. The molecule has 0 bridgehead atoms. The molecule has 1 N–H and O–H groups in total. The molecule has 0 unspecified atom stereocenters. The van der Waals surface area contributed by atoms with E-state index in [1.807, 2.05) is 0 Å². The molecule has 152 valence electrons. The summed E-state index contributed by atoms with van der Waals surface area (Å²) in [4.78, 5) is 16.0. The molecule has 1 amide bonds. The molecule has 2 rings (SSSR count). The molecule has 0 saturated heterocycles. The summed E-state index contributed by atoms with van der Waals surface area (Å²) in [6.07, 6.45) is 3.36. The second-order valence-electron chi connectivity index (χ2n) is 10.4. The van der Waals surface area contributed by atoms with Gasteiger partial charge in [0.25, 0.3) is 0 Å². The first-order chi connectivity index (χ1) is 12.3. The van der Waals surface area contributed by atoms with Crippen molar-refractivity contribution in [1.82, 2.24) is 4.90 Å². The molecule has 0 aliphatic heterocycles. The Kier molecular flexibility index (Phi) is 6.46. The number of carbonyl (C=O) groups is 1. The summed E-state index contributed by atoms with van der Waals surface area (Å²) in [6.45, 7) is 17.4. The Morgan fingerprint density at radius 2 is 1.89 bits per heavy atom. The van der Waals surface area contributed by atoms with Crippen LogP contribution in [0.3, 0.4) is 0 Å². The predicted molar refractivity (Wildman–Crippen MR) is 115 cm³/mol. The summed E-state index contributed by atoms with van der Waals surface area (Å²) in [5.41, 5.74) is 6.08. The molecule has 0 heterocycles. The molecule has 0 fully saturated rings. The van der Waals surface area contributed by atoms with Gasteiger partial charge in [-0.2, -0.15) is 0 Å². The number of quaternary nitrogens is 1. The third kappa shape index (κ3) is 4.93. The lowest BCUT2D eigenvalue weighted by atomic mass is 9.78. The minimum atomic E-state index is 0.109. The standard InChI is InChI=1S/C24H40N2O/c1-17(26(18(2)27)14-10-13-25(8)9)21-15-19(23(3,4)5)16-22-20(21)11-12-24(22,6)7/h15-17H,10-14H2,1-9H3/p+1/t17-/m0/s1. The summed E-state index contributed by atoms with van der Waals surface area (Å²) in [7, 11) is 4.34. The van der Waals surface area contributed by atoms with E-state index in [0.717, 1.165) is 25.9 Å². The molecule has 1 atom stereocenters. The van der Waals surface area contributed by atoms with Gasteiger partial charge in [-0.1, -0.05) is 46.8 Å². The van der Waals surface area contributed by atoms with Crippen LogP contribution >= 0.6 is 0 Å². The average molecular weight is 374 g/mol. The Morgan fingerprint density at radius 1 is 1.26 bits per heavy atom. The van der Waals surface area contributed by atoms with Gasteiger partial charge >= 0.3 is 0 Å². The Hall–Kier alpha value is -1.35. The highest BCUT2D eigenvalue weighted by atomic mass is 16.2. The molecule has 0 aromatic heterocycles. The van der Waals surface area contributed by atoms with E-state index in [2.05, 4.69) is 72.7 Å². The van der Waals surface area contributed by atoms with Crippen molar-refractivity contribution in [2.24, 2.45) is 0 Å². The first kappa shape index (κ1) is 21.9. The second kappa shape index (κ2) is 7.95. The van der Waals surface area contributed by atoms with E-state index in [0.29, 0.717) is 0 Å². The van der Waals surface area contributed by atoms with Gasteiger partial charge in [0, 0.05) is 19.9 Å². The molecule has 1 aromatic carbocycles. The van der Waals surface area contributed by atoms with Crippen molar-refractivity contribution in [3.05, 3.63) is 34.4 Å². The highest BCUT2D eigenvalue weighted by Gasteiger charge is 2.35. The number of hydrogen-bond donors (Lipinski definition) is 1. The Morgan fingerprint density at radius 3 is 2.41 bits per heavy atom. The SMILES string of the molecule is CC(=O)N(CCC[NH+](C)C)[C@@H](C)c1cc(C(C)(C)C)cc2c1CCC2(C)C. The van der Waals surface area contributed by atoms with Crippen LogP contribution in [0.25, 0.3) is 0 Å². The number of nitrogens with one attached hydrogen (secondary N) is 1. The highest BCUT2D eigenvalue weighted by Crippen LogP contribution is 2.44. The number of fused-ring (bicyclic) bond motifs is 1. The van der Waals surface area contributed by atoms with Gasteiger partial charge in [0.2, 0.25) is 5.91 Å². The molecule has 0 radical (unpaired) electrons. The minimum absolute atomic E-state index is 0.109. The maximum absolute atomic E-state index is 12.5. The highest BCUT2D eigenvalue weighted by molar-refractivity contribution is 5.74. The molecule has 3 nitrogen and oxygen atoms in total. The largest absolute Gasteiger partial charge is 0.340 e. The van der Waals surface area contributed by atoms with Crippen LogP contribution < -0.4 is 4.90 Å². The van der Waals surface area contributed by atoms with Gasteiger partial charge in [0.15, 0.2) is 0 Å². The van der Waals surface area contributed by atoms with E-state index in [1.54, 1.807) is 6.92 Å². The zero-order valence-corrected chi connectivity index (χ0v) is 19.1. The first-order valence-electron chi connectivity index (χ1n) is 10.6. The quantitative estimate of drug-likeness (QED) is 0.809. The molecule has 1 aromatic rings. The van der Waals surface area contributed by atoms with Crippen LogP contribution in [0.4, 0.5) is 0 Å². The zero-order chi connectivity index (χ0) is 20.6. The summed E-state index contributed by atoms with van der Waals surface area (Å²) in [5, 5.41) is 0. The summed E-state index contributed by atoms with van der Waals surface area (Å²) < 4.78 is 0. The third-order valence-electron chi connectivity index (χ3n) is 6.28. The van der Waals surface area contributed by atoms with Crippen molar-refractivity contribution < 1.29 is 9.69 Å². The molecule has 0 saturated carbocycles. The number of rotatable bonds is 6. The van der Waals surface area contributed by atoms with Gasteiger partial charge in [-0.15, -0.1) is 0 Å². The molecule has 0 spiro atoms. The second-order valence-corrected chi connectivity index (χ2v) is 10.4. The normalized spacial score (nSPS) is 17.1. The van der Waals surface area contributed by atoms with E-state index < -0.39 is 0 Å². The van der Waals surface area contributed by atoms with Crippen LogP contribution in [-0.4, -0.2) is 38.0 Å². The van der Waals surface area contributed by atoms with Gasteiger partial charge in [-0.05, 0) is 52.8 Å². The van der Waals surface area contributed by atoms with Crippen LogP contribution in [-0.2, 0) is 22.0 Å². The number of benzene rings is 1. The van der Waals surface area contributed by atoms with Crippen molar-refractivity contribution in [3.8, 4) is 0 Å². The summed E-state index contributed by atoms with van der Waals surface area (Å²) in [6, 6.07) is 4.95. The van der Waals surface area contributed by atoms with Gasteiger partial charge in [-0.3, -0.25) is 4.79 Å². The van der Waals surface area contributed by atoms with Gasteiger partial charge in [-0.25, -0.2) is 0 Å². The van der Waals surface area contributed by atoms with Gasteiger partial charge in [0.1, 0.15) is 0 Å². The number of amides is 1. The molecule has 3 heteroatoms. The van der Waals surface area contributed by atoms with Crippen LogP contribution in [0, 0.1) is 0 Å². The number of nitrogens with zero attached hydrogens (tertiary/aromatic N) is 1. The Balaban J connectivity index is 2.46. The number of carbonyl (C=O) groups excluding carboxylic acids is 1. The molecular weight excluding hydrogens is 332 g/mol. The topological polar surface area (TPSA) is 24.8 Å². The van der Waals surface area contributed by atoms with E-state index in [9.17, 15) is 4.79 Å². The fraction of sp³-hybridized carbons (Fsp3) is 0.708. The Bertz CT molecular complexity index is 682. The van der Waals surface area contributed by atoms with Gasteiger partial charge < -0.3 is 9.80 Å².